The van der Waals surface area contributed by atoms with Crippen molar-refractivity contribution in [3.8, 4) is 5.69 Å². The minimum absolute atomic E-state index is 0.0385. The van der Waals surface area contributed by atoms with Crippen LogP contribution in [0.25, 0.3) is 16.5 Å². The van der Waals surface area contributed by atoms with Crippen molar-refractivity contribution in [1.82, 2.24) is 20.1 Å². The minimum atomic E-state index is -4.61. The summed E-state index contributed by atoms with van der Waals surface area (Å²) in [6.45, 7) is 0.0385. The molecule has 0 fully saturated rings. The number of nitrogens with zero attached hydrogens (tertiary/aromatic N) is 3. The summed E-state index contributed by atoms with van der Waals surface area (Å²) in [5.74, 6) is -0.735. The van der Waals surface area contributed by atoms with Gasteiger partial charge in [0.15, 0.2) is 11.0 Å². The Labute approximate surface area is 245 Å². The average molecular weight is 640 g/mol. The molecule has 0 aliphatic carbocycles. The first-order valence-electron chi connectivity index (χ1n) is 12.3. The molecular formula is C29H21BrF3N5O2S. The second-order valence-electron chi connectivity index (χ2n) is 8.80. The fourth-order valence-corrected chi connectivity index (χ4v) is 5.23. The first-order chi connectivity index (χ1) is 19.7. The highest BCUT2D eigenvalue weighted by Crippen LogP contribution is 2.34. The molecule has 208 valence electrons. The molecule has 0 aliphatic rings. The standard InChI is InChI=1S/C29H21BrF3N5O2S/c30-19-12-14-20(15-13-19)38-25(16-34-27(40)22-9-5-7-18-6-1-2-8-21(18)22)36-37-28(38)41-17-26(39)35-24-11-4-3-10-23(24)29(31,32)33/h1-15H,16-17H2,(H,34,40)(H,35,39). The molecule has 0 spiro atoms. The predicted molar refractivity (Wildman–Crippen MR) is 155 cm³/mol. The highest BCUT2D eigenvalue weighted by Gasteiger charge is 2.33. The van der Waals surface area contributed by atoms with Crippen molar-refractivity contribution in [2.24, 2.45) is 0 Å². The number of alkyl halides is 3. The molecule has 12 heteroatoms. The second-order valence-corrected chi connectivity index (χ2v) is 10.7. The zero-order valence-corrected chi connectivity index (χ0v) is 23.6. The number of hydrogen-bond donors (Lipinski definition) is 2. The van der Waals surface area contributed by atoms with Crippen LogP contribution in [0.5, 0.6) is 0 Å². The van der Waals surface area contributed by atoms with Crippen molar-refractivity contribution in [3.05, 3.63) is 112 Å². The van der Waals surface area contributed by atoms with E-state index in [2.05, 4.69) is 36.8 Å². The fourth-order valence-electron chi connectivity index (χ4n) is 4.19. The molecule has 0 unspecified atom stereocenters. The Morgan fingerprint density at radius 3 is 2.37 bits per heavy atom. The van der Waals surface area contributed by atoms with E-state index in [1.165, 1.54) is 18.2 Å². The Kier molecular flexibility index (Phi) is 8.41. The van der Waals surface area contributed by atoms with Gasteiger partial charge in [0.05, 0.1) is 23.5 Å². The highest BCUT2D eigenvalue weighted by atomic mass is 79.9. The van der Waals surface area contributed by atoms with E-state index < -0.39 is 17.6 Å². The Bertz CT molecular complexity index is 1720. The first kappa shape index (κ1) is 28.4. The van der Waals surface area contributed by atoms with Gasteiger partial charge in [-0.15, -0.1) is 10.2 Å². The summed E-state index contributed by atoms with van der Waals surface area (Å²) in [6, 6.07) is 25.1. The van der Waals surface area contributed by atoms with Crippen LogP contribution in [0.15, 0.2) is 101 Å². The SMILES string of the molecule is O=C(CSc1nnc(CNC(=O)c2cccc3ccccc23)n1-c1ccc(Br)cc1)Nc1ccccc1C(F)(F)F. The number of halogens is 4. The van der Waals surface area contributed by atoms with Gasteiger partial charge in [-0.2, -0.15) is 13.2 Å². The summed E-state index contributed by atoms with van der Waals surface area (Å²) in [5.41, 5.74) is -0.0569. The van der Waals surface area contributed by atoms with E-state index in [0.29, 0.717) is 22.2 Å². The molecule has 1 aromatic heterocycles. The summed E-state index contributed by atoms with van der Waals surface area (Å²) >= 11 is 4.42. The number of nitrogens with one attached hydrogen (secondary N) is 2. The lowest BCUT2D eigenvalue weighted by molar-refractivity contribution is -0.137. The number of carbonyl (C=O) groups excluding carboxylic acids is 2. The number of hydrogen-bond acceptors (Lipinski definition) is 5. The Balaban J connectivity index is 1.35. The molecule has 0 saturated heterocycles. The summed E-state index contributed by atoms with van der Waals surface area (Å²) < 4.78 is 42.5. The van der Waals surface area contributed by atoms with Gasteiger partial charge in [-0.05, 0) is 53.2 Å². The number of amides is 2. The molecule has 0 saturated carbocycles. The van der Waals surface area contributed by atoms with Crippen molar-refractivity contribution in [1.29, 1.82) is 0 Å². The lowest BCUT2D eigenvalue weighted by Gasteiger charge is -2.14. The summed E-state index contributed by atoms with van der Waals surface area (Å²) in [5, 5.41) is 15.8. The normalized spacial score (nSPS) is 11.4. The number of anilines is 1. The van der Waals surface area contributed by atoms with Crippen molar-refractivity contribution in [2.45, 2.75) is 17.9 Å². The van der Waals surface area contributed by atoms with Crippen LogP contribution in [0.3, 0.4) is 0 Å². The quantitative estimate of drug-likeness (QED) is 0.181. The number of thioether (sulfide) groups is 1. The van der Waals surface area contributed by atoms with Gasteiger partial charge < -0.3 is 10.6 Å². The van der Waals surface area contributed by atoms with E-state index in [1.54, 1.807) is 10.6 Å². The molecule has 41 heavy (non-hydrogen) atoms. The first-order valence-corrected chi connectivity index (χ1v) is 14.0. The van der Waals surface area contributed by atoms with Crippen LogP contribution in [0.2, 0.25) is 0 Å². The lowest BCUT2D eigenvalue weighted by Crippen LogP contribution is -2.25. The Morgan fingerprint density at radius 1 is 0.878 bits per heavy atom. The lowest BCUT2D eigenvalue weighted by atomic mass is 10.0. The van der Waals surface area contributed by atoms with Gasteiger partial charge in [-0.1, -0.05) is 76.2 Å². The van der Waals surface area contributed by atoms with Crippen LogP contribution in [-0.4, -0.2) is 32.3 Å². The number of fused-ring (bicyclic) bond motifs is 1. The molecule has 0 bridgehead atoms. The van der Waals surface area contributed by atoms with Crippen LogP contribution in [-0.2, 0) is 17.5 Å². The van der Waals surface area contributed by atoms with Gasteiger partial charge in [0.2, 0.25) is 5.91 Å². The number of aromatic nitrogens is 3. The molecule has 5 rings (SSSR count). The molecule has 5 aromatic rings. The van der Waals surface area contributed by atoms with Crippen molar-refractivity contribution < 1.29 is 22.8 Å². The zero-order chi connectivity index (χ0) is 29.0. The van der Waals surface area contributed by atoms with E-state index in [-0.39, 0.29) is 23.9 Å². The molecular weight excluding hydrogens is 619 g/mol. The third kappa shape index (κ3) is 6.60. The van der Waals surface area contributed by atoms with Crippen LogP contribution >= 0.6 is 27.7 Å². The number of rotatable bonds is 8. The van der Waals surface area contributed by atoms with Crippen LogP contribution in [0.4, 0.5) is 18.9 Å². The average Bonchev–Trinajstić information content (AvgIpc) is 3.37. The predicted octanol–water partition coefficient (Wildman–Crippen LogP) is 6.86. The highest BCUT2D eigenvalue weighted by molar-refractivity contribution is 9.10. The van der Waals surface area contributed by atoms with Gasteiger partial charge in [0.25, 0.3) is 5.91 Å². The van der Waals surface area contributed by atoms with Crippen molar-refractivity contribution in [2.75, 3.05) is 11.1 Å². The maximum Gasteiger partial charge on any atom is 0.418 e. The monoisotopic (exact) mass is 639 g/mol. The van der Waals surface area contributed by atoms with Crippen LogP contribution < -0.4 is 10.6 Å². The number of para-hydroxylation sites is 1. The van der Waals surface area contributed by atoms with E-state index in [4.69, 9.17) is 0 Å². The molecule has 0 aliphatic heterocycles. The third-order valence-electron chi connectivity index (χ3n) is 6.07. The van der Waals surface area contributed by atoms with Gasteiger partial charge in [-0.3, -0.25) is 14.2 Å². The molecule has 7 nitrogen and oxygen atoms in total. The van der Waals surface area contributed by atoms with Gasteiger partial charge in [0.1, 0.15) is 0 Å². The van der Waals surface area contributed by atoms with Crippen LogP contribution in [0.1, 0.15) is 21.7 Å². The molecule has 0 atom stereocenters. The van der Waals surface area contributed by atoms with E-state index >= 15 is 0 Å². The maximum atomic E-state index is 13.3. The Hall–Kier alpha value is -4.16. The van der Waals surface area contributed by atoms with Crippen molar-refractivity contribution >= 4 is 56.0 Å². The number of benzene rings is 4. The molecule has 1 heterocycles. The minimum Gasteiger partial charge on any atom is -0.345 e. The van der Waals surface area contributed by atoms with E-state index in [0.717, 1.165) is 33.1 Å². The topological polar surface area (TPSA) is 88.9 Å². The zero-order valence-electron chi connectivity index (χ0n) is 21.2. The second kappa shape index (κ2) is 12.1. The van der Waals surface area contributed by atoms with Crippen molar-refractivity contribution in [3.63, 3.8) is 0 Å². The summed E-state index contributed by atoms with van der Waals surface area (Å²) in [6.07, 6.45) is -4.61. The Morgan fingerprint density at radius 2 is 1.59 bits per heavy atom. The maximum absolute atomic E-state index is 13.3. The molecule has 4 aromatic carbocycles. The smallest absolute Gasteiger partial charge is 0.345 e. The third-order valence-corrected chi connectivity index (χ3v) is 7.52. The molecule has 2 N–H and O–H groups in total. The van der Waals surface area contributed by atoms with Gasteiger partial charge >= 0.3 is 6.18 Å². The van der Waals surface area contributed by atoms with Gasteiger partial charge in [0, 0.05) is 15.7 Å². The summed E-state index contributed by atoms with van der Waals surface area (Å²) in [4.78, 5) is 25.7. The van der Waals surface area contributed by atoms with Crippen LogP contribution in [0, 0.1) is 0 Å². The fraction of sp³-hybridized carbons (Fsp3) is 0.103. The van der Waals surface area contributed by atoms with E-state index in [1.807, 2.05) is 60.7 Å². The largest absolute Gasteiger partial charge is 0.418 e. The number of carbonyl (C=O) groups is 2. The molecule has 0 radical (unpaired) electrons. The van der Waals surface area contributed by atoms with Gasteiger partial charge in [-0.25, -0.2) is 0 Å². The molecule has 2 amide bonds. The summed E-state index contributed by atoms with van der Waals surface area (Å²) in [7, 11) is 0. The van der Waals surface area contributed by atoms with E-state index in [9.17, 15) is 22.8 Å².